The normalized spacial score (nSPS) is 41.2. The van der Waals surface area contributed by atoms with Gasteiger partial charge in [0.2, 0.25) is 0 Å². The number of carbonyl (C=O) groups is 1. The molecule has 2 saturated carbocycles. The zero-order valence-corrected chi connectivity index (χ0v) is 14.8. The van der Waals surface area contributed by atoms with Crippen LogP contribution in [0.25, 0.3) is 0 Å². The first kappa shape index (κ1) is 15.8. The van der Waals surface area contributed by atoms with Gasteiger partial charge in [0.1, 0.15) is 6.29 Å². The summed E-state index contributed by atoms with van der Waals surface area (Å²) in [4.78, 5) is 11.1. The third kappa shape index (κ3) is 2.01. The minimum atomic E-state index is 0.116. The maximum absolute atomic E-state index is 11.1. The second-order valence-electron chi connectivity index (χ2n) is 8.25. The largest absolute Gasteiger partial charge is 0.303 e. The minimum absolute atomic E-state index is 0.116. The van der Waals surface area contributed by atoms with Gasteiger partial charge in [0.15, 0.2) is 0 Å². The molecule has 2 atom stereocenters. The fourth-order valence-corrected chi connectivity index (χ4v) is 4.75. The standard InChI is InChI=1S/C19H24O.C2H6/c1-17-6-8-18(2,9-7-17)16-10-13(4-5-15(16)17)19(3)11-14(19)12-20;1-2/h4-5,10,12,14H,6-9,11H2,1-3H3;1-2H3/t14?,17?,18?,19-;/m1./s1. The van der Waals surface area contributed by atoms with E-state index in [2.05, 4.69) is 39.0 Å². The van der Waals surface area contributed by atoms with Crippen molar-refractivity contribution < 1.29 is 4.79 Å². The average molecular weight is 298 g/mol. The molecule has 1 unspecified atom stereocenters. The van der Waals surface area contributed by atoms with E-state index in [-0.39, 0.29) is 11.3 Å². The van der Waals surface area contributed by atoms with E-state index in [0.717, 1.165) is 12.7 Å². The maximum Gasteiger partial charge on any atom is 0.123 e. The summed E-state index contributed by atoms with van der Waals surface area (Å²) in [6.07, 6.45) is 7.51. The van der Waals surface area contributed by atoms with Gasteiger partial charge in [-0.3, -0.25) is 0 Å². The molecule has 0 saturated heterocycles. The van der Waals surface area contributed by atoms with Gasteiger partial charge in [0.25, 0.3) is 0 Å². The van der Waals surface area contributed by atoms with Crippen molar-refractivity contribution in [1.82, 2.24) is 0 Å². The van der Waals surface area contributed by atoms with Crippen LogP contribution in [0, 0.1) is 5.92 Å². The van der Waals surface area contributed by atoms with Crippen LogP contribution in [0.4, 0.5) is 0 Å². The Kier molecular flexibility index (Phi) is 3.54. The summed E-state index contributed by atoms with van der Waals surface area (Å²) in [5.41, 5.74) is 5.47. The molecular formula is C21H30O. The zero-order chi connectivity index (χ0) is 16.2. The van der Waals surface area contributed by atoms with Crippen molar-refractivity contribution in [3.05, 3.63) is 34.9 Å². The van der Waals surface area contributed by atoms with E-state index < -0.39 is 0 Å². The molecule has 0 amide bonds. The van der Waals surface area contributed by atoms with Gasteiger partial charge in [-0.2, -0.15) is 0 Å². The van der Waals surface area contributed by atoms with Gasteiger partial charge in [0, 0.05) is 11.3 Å². The molecule has 0 aliphatic heterocycles. The number of fused-ring (bicyclic) bond motifs is 2. The summed E-state index contributed by atoms with van der Waals surface area (Å²) in [6, 6.07) is 7.14. The third-order valence-electron chi connectivity index (χ3n) is 6.90. The molecule has 22 heavy (non-hydrogen) atoms. The van der Waals surface area contributed by atoms with Gasteiger partial charge < -0.3 is 4.79 Å². The summed E-state index contributed by atoms with van der Waals surface area (Å²) in [5.74, 6) is 0.240. The maximum atomic E-state index is 11.1. The summed E-state index contributed by atoms with van der Waals surface area (Å²) in [5, 5.41) is 0. The molecule has 0 radical (unpaired) electrons. The lowest BCUT2D eigenvalue weighted by molar-refractivity contribution is -0.109. The summed E-state index contributed by atoms with van der Waals surface area (Å²) < 4.78 is 0. The Balaban J connectivity index is 0.000000693. The van der Waals surface area contributed by atoms with Crippen LogP contribution in [0.5, 0.6) is 0 Å². The van der Waals surface area contributed by atoms with E-state index in [9.17, 15) is 4.79 Å². The topological polar surface area (TPSA) is 17.1 Å². The van der Waals surface area contributed by atoms with E-state index in [1.165, 1.54) is 31.2 Å². The fraction of sp³-hybridized carbons (Fsp3) is 0.667. The van der Waals surface area contributed by atoms with Crippen LogP contribution in [0.3, 0.4) is 0 Å². The van der Waals surface area contributed by atoms with E-state index >= 15 is 0 Å². The molecule has 1 heteroatoms. The molecule has 4 aliphatic carbocycles. The van der Waals surface area contributed by atoms with Crippen LogP contribution in [0.1, 0.15) is 83.4 Å². The van der Waals surface area contributed by atoms with Gasteiger partial charge in [0.05, 0.1) is 0 Å². The quantitative estimate of drug-likeness (QED) is 0.678. The van der Waals surface area contributed by atoms with E-state index in [0.29, 0.717) is 10.8 Å². The zero-order valence-electron chi connectivity index (χ0n) is 14.8. The Labute approximate surface area is 135 Å². The molecule has 0 N–H and O–H groups in total. The Bertz CT molecular complexity index is 592. The Morgan fingerprint density at radius 1 is 0.955 bits per heavy atom. The highest BCUT2D eigenvalue weighted by Crippen LogP contribution is 2.59. The molecule has 0 heterocycles. The highest BCUT2D eigenvalue weighted by molar-refractivity contribution is 5.65. The lowest BCUT2D eigenvalue weighted by Gasteiger charge is -2.52. The van der Waals surface area contributed by atoms with Gasteiger partial charge >= 0.3 is 0 Å². The molecule has 1 aromatic rings. The van der Waals surface area contributed by atoms with Crippen molar-refractivity contribution >= 4 is 6.29 Å². The Morgan fingerprint density at radius 3 is 2.00 bits per heavy atom. The van der Waals surface area contributed by atoms with Gasteiger partial charge in [-0.15, -0.1) is 0 Å². The van der Waals surface area contributed by atoms with Crippen molar-refractivity contribution in [2.45, 2.75) is 83.0 Å². The fourth-order valence-electron chi connectivity index (χ4n) is 4.75. The molecule has 2 bridgehead atoms. The van der Waals surface area contributed by atoms with Gasteiger partial charge in [-0.25, -0.2) is 0 Å². The second kappa shape index (κ2) is 4.94. The van der Waals surface area contributed by atoms with Crippen LogP contribution in [0.2, 0.25) is 0 Å². The number of rotatable bonds is 2. The number of aldehydes is 1. The van der Waals surface area contributed by atoms with Crippen molar-refractivity contribution in [3.8, 4) is 0 Å². The molecule has 5 rings (SSSR count). The van der Waals surface area contributed by atoms with Crippen LogP contribution in [-0.4, -0.2) is 6.29 Å². The minimum Gasteiger partial charge on any atom is -0.303 e. The van der Waals surface area contributed by atoms with Crippen molar-refractivity contribution in [2.75, 3.05) is 0 Å². The first-order valence-corrected chi connectivity index (χ1v) is 9.02. The van der Waals surface area contributed by atoms with Crippen molar-refractivity contribution in [1.29, 1.82) is 0 Å². The lowest BCUT2D eigenvalue weighted by atomic mass is 9.52. The van der Waals surface area contributed by atoms with Crippen LogP contribution in [0.15, 0.2) is 18.2 Å². The van der Waals surface area contributed by atoms with E-state index in [1.54, 1.807) is 11.1 Å². The molecule has 0 spiro atoms. The van der Waals surface area contributed by atoms with Crippen LogP contribution < -0.4 is 0 Å². The van der Waals surface area contributed by atoms with Gasteiger partial charge in [-0.1, -0.05) is 52.8 Å². The molecular weight excluding hydrogens is 268 g/mol. The van der Waals surface area contributed by atoms with Crippen LogP contribution in [-0.2, 0) is 21.0 Å². The number of hydrogen-bond donors (Lipinski definition) is 0. The van der Waals surface area contributed by atoms with Gasteiger partial charge in [-0.05, 0) is 59.6 Å². The molecule has 4 aliphatic rings. The average Bonchev–Trinajstić information content (AvgIpc) is 3.24. The summed E-state index contributed by atoms with van der Waals surface area (Å²) in [7, 11) is 0. The predicted molar refractivity (Wildman–Crippen MR) is 92.5 cm³/mol. The monoisotopic (exact) mass is 298 g/mol. The molecule has 120 valence electrons. The highest BCUT2D eigenvalue weighted by atomic mass is 16.1. The first-order chi connectivity index (χ1) is 10.4. The SMILES string of the molecule is CC.CC12CCC(C)(CC1)c1cc([C@@]3(C)CC3C=O)ccc12. The molecule has 2 fully saturated rings. The first-order valence-electron chi connectivity index (χ1n) is 9.02. The summed E-state index contributed by atoms with van der Waals surface area (Å²) >= 11 is 0. The lowest BCUT2D eigenvalue weighted by Crippen LogP contribution is -2.44. The number of benzene rings is 1. The second-order valence-corrected chi connectivity index (χ2v) is 8.25. The Morgan fingerprint density at radius 2 is 1.50 bits per heavy atom. The molecule has 1 nitrogen and oxygen atoms in total. The number of carbonyl (C=O) groups excluding carboxylic acids is 1. The van der Waals surface area contributed by atoms with Crippen molar-refractivity contribution in [3.63, 3.8) is 0 Å². The Hall–Kier alpha value is -1.11. The highest BCUT2D eigenvalue weighted by Gasteiger charge is 2.53. The van der Waals surface area contributed by atoms with E-state index in [1.807, 2.05) is 13.8 Å². The van der Waals surface area contributed by atoms with Crippen LogP contribution >= 0.6 is 0 Å². The molecule has 0 aromatic heterocycles. The predicted octanol–water partition coefficient (Wildman–Crippen LogP) is 5.29. The van der Waals surface area contributed by atoms with E-state index in [4.69, 9.17) is 0 Å². The third-order valence-corrected chi connectivity index (χ3v) is 6.90. The molecule has 1 aromatic carbocycles. The summed E-state index contributed by atoms with van der Waals surface area (Å²) in [6.45, 7) is 11.1. The number of hydrogen-bond acceptors (Lipinski definition) is 1. The van der Waals surface area contributed by atoms with Crippen molar-refractivity contribution in [2.24, 2.45) is 5.92 Å². The smallest absolute Gasteiger partial charge is 0.123 e.